The monoisotopic (exact) mass is 475 g/mol. The first-order chi connectivity index (χ1) is 14.5. The second-order valence-electron chi connectivity index (χ2n) is 6.86. The summed E-state index contributed by atoms with van der Waals surface area (Å²) in [6, 6.07) is 7.80. The molecule has 0 spiro atoms. The number of hydrogen-bond donors (Lipinski definition) is 0. The number of anilines is 1. The van der Waals surface area contributed by atoms with Crippen molar-refractivity contribution >= 4 is 63.5 Å². The largest absolute Gasteiger partial charge is 0.311 e. The van der Waals surface area contributed by atoms with Gasteiger partial charge in [0.1, 0.15) is 0 Å². The molecule has 1 aliphatic heterocycles. The van der Waals surface area contributed by atoms with Crippen LogP contribution in [-0.4, -0.2) is 37.8 Å². The van der Waals surface area contributed by atoms with Crippen molar-refractivity contribution in [3.8, 4) is 11.3 Å². The Hall–Kier alpha value is -2.13. The third kappa shape index (κ3) is 3.58. The number of hydrogen-bond acceptors (Lipinski definition) is 6. The van der Waals surface area contributed by atoms with Gasteiger partial charge in [0, 0.05) is 29.4 Å². The van der Waals surface area contributed by atoms with Crippen molar-refractivity contribution in [1.82, 2.24) is 19.6 Å². The molecule has 1 aliphatic rings. The fourth-order valence-corrected chi connectivity index (χ4v) is 5.44. The molecule has 0 unspecified atom stereocenters. The molecule has 0 bridgehead atoms. The molecule has 6 nitrogen and oxygen atoms in total. The molecule has 0 saturated heterocycles. The molecule has 30 heavy (non-hydrogen) atoms. The molecular weight excluding hydrogens is 461 g/mol. The van der Waals surface area contributed by atoms with Crippen molar-refractivity contribution in [2.24, 2.45) is 0 Å². The van der Waals surface area contributed by atoms with Crippen LogP contribution < -0.4 is 4.90 Å². The molecule has 5 rings (SSSR count). The number of amides is 1. The second-order valence-corrected chi connectivity index (χ2v) is 9.71. The molecule has 0 radical (unpaired) electrons. The zero-order chi connectivity index (χ0) is 20.8. The average Bonchev–Trinajstić information content (AvgIpc) is 3.43. The Balaban J connectivity index is 1.33. The van der Waals surface area contributed by atoms with Gasteiger partial charge in [-0.05, 0) is 37.1 Å². The standard InChI is InChI=1S/C20H15Cl2N5OS2/c1-11-23-16(9-29-11)12-2-3-17-13(6-12)4-5-26(17)18(28)10-30-20-25-24-19-15(22)7-14(21)8-27(19)20/h2-3,6-9H,4-5,10H2,1H3. The Kier molecular flexibility index (Phi) is 5.18. The van der Waals surface area contributed by atoms with E-state index < -0.39 is 0 Å². The van der Waals surface area contributed by atoms with Crippen LogP contribution in [0.2, 0.25) is 10.0 Å². The molecule has 152 valence electrons. The Morgan fingerprint density at radius 2 is 2.13 bits per heavy atom. The Morgan fingerprint density at radius 1 is 1.27 bits per heavy atom. The van der Waals surface area contributed by atoms with Gasteiger partial charge in [-0.1, -0.05) is 41.0 Å². The van der Waals surface area contributed by atoms with Crippen molar-refractivity contribution in [2.75, 3.05) is 17.2 Å². The van der Waals surface area contributed by atoms with Gasteiger partial charge in [-0.25, -0.2) is 4.98 Å². The second kappa shape index (κ2) is 7.85. The summed E-state index contributed by atoms with van der Waals surface area (Å²) in [5.74, 6) is 0.276. The SMILES string of the molecule is Cc1nc(-c2ccc3c(c2)CCN3C(=O)CSc2nnc3c(Cl)cc(Cl)cn23)cs1. The lowest BCUT2D eigenvalue weighted by Crippen LogP contribution is -2.30. The number of benzene rings is 1. The van der Waals surface area contributed by atoms with Gasteiger partial charge in [0.25, 0.3) is 0 Å². The number of nitrogens with zero attached hydrogens (tertiary/aromatic N) is 5. The van der Waals surface area contributed by atoms with Crippen LogP contribution in [-0.2, 0) is 11.2 Å². The van der Waals surface area contributed by atoms with Crippen LogP contribution in [0.5, 0.6) is 0 Å². The first kappa shape index (κ1) is 19.8. The maximum absolute atomic E-state index is 12.9. The number of thioether (sulfide) groups is 1. The summed E-state index contributed by atoms with van der Waals surface area (Å²) in [5, 5.41) is 12.8. The van der Waals surface area contributed by atoms with Crippen molar-refractivity contribution in [3.63, 3.8) is 0 Å². The number of aromatic nitrogens is 4. The number of carbonyl (C=O) groups is 1. The maximum Gasteiger partial charge on any atom is 0.237 e. The molecule has 1 aromatic carbocycles. The highest BCUT2D eigenvalue weighted by Crippen LogP contribution is 2.33. The van der Waals surface area contributed by atoms with E-state index in [1.54, 1.807) is 28.0 Å². The van der Waals surface area contributed by atoms with Crippen LogP contribution >= 0.6 is 46.3 Å². The summed E-state index contributed by atoms with van der Waals surface area (Å²) in [7, 11) is 0. The fraction of sp³-hybridized carbons (Fsp3) is 0.200. The highest BCUT2D eigenvalue weighted by Gasteiger charge is 2.25. The van der Waals surface area contributed by atoms with Crippen LogP contribution in [0, 0.1) is 6.92 Å². The van der Waals surface area contributed by atoms with Crippen LogP contribution in [0.4, 0.5) is 5.69 Å². The zero-order valence-electron chi connectivity index (χ0n) is 15.8. The first-order valence-electron chi connectivity index (χ1n) is 9.18. The van der Waals surface area contributed by atoms with Gasteiger partial charge < -0.3 is 4.90 Å². The van der Waals surface area contributed by atoms with E-state index >= 15 is 0 Å². The Labute approximate surface area is 190 Å². The fourth-order valence-electron chi connectivity index (χ4n) is 3.52. The number of fused-ring (bicyclic) bond motifs is 2. The maximum atomic E-state index is 12.9. The minimum Gasteiger partial charge on any atom is -0.311 e. The van der Waals surface area contributed by atoms with Crippen LogP contribution in [0.3, 0.4) is 0 Å². The molecule has 0 atom stereocenters. The van der Waals surface area contributed by atoms with Gasteiger partial charge >= 0.3 is 0 Å². The zero-order valence-corrected chi connectivity index (χ0v) is 18.9. The van der Waals surface area contributed by atoms with Crippen LogP contribution in [0.15, 0.2) is 41.0 Å². The smallest absolute Gasteiger partial charge is 0.237 e. The number of halogens is 2. The number of aryl methyl sites for hydroxylation is 1. The summed E-state index contributed by atoms with van der Waals surface area (Å²) < 4.78 is 1.71. The lowest BCUT2D eigenvalue weighted by atomic mass is 10.1. The average molecular weight is 476 g/mol. The minimum absolute atomic E-state index is 0.0286. The third-order valence-corrected chi connectivity index (χ3v) is 7.10. The molecule has 0 saturated carbocycles. The molecule has 0 N–H and O–H groups in total. The third-order valence-electron chi connectivity index (χ3n) is 4.91. The lowest BCUT2D eigenvalue weighted by molar-refractivity contribution is -0.116. The van der Waals surface area contributed by atoms with E-state index in [4.69, 9.17) is 23.2 Å². The van der Waals surface area contributed by atoms with Gasteiger partial charge in [0.05, 0.1) is 26.5 Å². The van der Waals surface area contributed by atoms with Crippen LogP contribution in [0.25, 0.3) is 16.9 Å². The summed E-state index contributed by atoms with van der Waals surface area (Å²) in [4.78, 5) is 19.3. The normalized spacial score (nSPS) is 13.2. The molecular formula is C20H15Cl2N5OS2. The predicted octanol–water partition coefficient (Wildman–Crippen LogP) is 5.15. The van der Waals surface area contributed by atoms with Gasteiger partial charge in [0.15, 0.2) is 10.8 Å². The topological polar surface area (TPSA) is 63.4 Å². The van der Waals surface area contributed by atoms with E-state index in [0.29, 0.717) is 27.4 Å². The van der Waals surface area contributed by atoms with Gasteiger partial charge in [-0.3, -0.25) is 9.20 Å². The van der Waals surface area contributed by atoms with Gasteiger partial charge in [0.2, 0.25) is 5.91 Å². The molecule has 3 aromatic heterocycles. The van der Waals surface area contributed by atoms with Crippen molar-refractivity contribution < 1.29 is 4.79 Å². The van der Waals surface area contributed by atoms with Crippen molar-refractivity contribution in [3.05, 3.63) is 56.5 Å². The van der Waals surface area contributed by atoms with E-state index in [0.717, 1.165) is 28.4 Å². The number of pyridine rings is 1. The summed E-state index contributed by atoms with van der Waals surface area (Å²) in [6.45, 7) is 2.67. The first-order valence-corrected chi connectivity index (χ1v) is 11.8. The summed E-state index contributed by atoms with van der Waals surface area (Å²) in [6.07, 6.45) is 2.53. The summed E-state index contributed by atoms with van der Waals surface area (Å²) >= 11 is 15.2. The molecule has 10 heteroatoms. The highest BCUT2D eigenvalue weighted by atomic mass is 35.5. The van der Waals surface area contributed by atoms with Gasteiger partial charge in [-0.15, -0.1) is 21.5 Å². The lowest BCUT2D eigenvalue weighted by Gasteiger charge is -2.17. The molecule has 4 heterocycles. The molecule has 1 amide bonds. The van der Waals surface area contributed by atoms with E-state index in [1.165, 1.54) is 17.3 Å². The van der Waals surface area contributed by atoms with E-state index in [-0.39, 0.29) is 11.7 Å². The molecule has 4 aromatic rings. The van der Waals surface area contributed by atoms with E-state index in [9.17, 15) is 4.79 Å². The predicted molar refractivity (Wildman–Crippen MR) is 122 cm³/mol. The quantitative estimate of drug-likeness (QED) is 0.382. The van der Waals surface area contributed by atoms with Gasteiger partial charge in [-0.2, -0.15) is 0 Å². The van der Waals surface area contributed by atoms with E-state index in [1.807, 2.05) is 24.0 Å². The Bertz CT molecular complexity index is 1290. The minimum atomic E-state index is 0.0286. The number of rotatable bonds is 4. The molecule has 0 aliphatic carbocycles. The van der Waals surface area contributed by atoms with Crippen LogP contribution in [0.1, 0.15) is 10.6 Å². The number of carbonyl (C=O) groups excluding carboxylic acids is 1. The van der Waals surface area contributed by atoms with E-state index in [2.05, 4.69) is 26.6 Å². The molecule has 0 fully saturated rings. The highest BCUT2D eigenvalue weighted by molar-refractivity contribution is 7.99. The Morgan fingerprint density at radius 3 is 2.93 bits per heavy atom. The number of thiazole rings is 1. The van der Waals surface area contributed by atoms with Crippen molar-refractivity contribution in [1.29, 1.82) is 0 Å². The van der Waals surface area contributed by atoms with Crippen molar-refractivity contribution in [2.45, 2.75) is 18.5 Å². The summed E-state index contributed by atoms with van der Waals surface area (Å²) in [5.41, 5.74) is 4.73.